The van der Waals surface area contributed by atoms with E-state index in [9.17, 15) is 13.2 Å². The van der Waals surface area contributed by atoms with Crippen LogP contribution in [0.5, 0.6) is 5.75 Å². The Balaban J connectivity index is 0.00000364. The Hall–Kier alpha value is -2.29. The summed E-state index contributed by atoms with van der Waals surface area (Å²) in [6, 6.07) is 12.7. The molecule has 2 rings (SSSR count). The zero-order chi connectivity index (χ0) is 19.2. The quantitative estimate of drug-likeness (QED) is 0.645. The van der Waals surface area contributed by atoms with Crippen LogP contribution in [-0.4, -0.2) is 48.6 Å². The number of amides is 1. The van der Waals surface area contributed by atoms with Crippen LogP contribution in [0.4, 0.5) is 5.69 Å². The first-order valence-corrected chi connectivity index (χ1v) is 9.50. The summed E-state index contributed by atoms with van der Waals surface area (Å²) in [4.78, 5) is 12.1. The van der Waals surface area contributed by atoms with Crippen molar-refractivity contribution < 1.29 is 17.9 Å². The van der Waals surface area contributed by atoms with Gasteiger partial charge in [-0.05, 0) is 43.4 Å². The van der Waals surface area contributed by atoms with Crippen molar-refractivity contribution in [1.82, 2.24) is 10.6 Å². The number of nitrogens with zero attached hydrogens (tertiary/aromatic N) is 1. The number of carbonyl (C=O) groups is 1. The highest BCUT2D eigenvalue weighted by atomic mass is 35.5. The molecule has 0 saturated carbocycles. The molecule has 148 valence electrons. The zero-order valence-corrected chi connectivity index (χ0v) is 17.1. The molecule has 2 aromatic rings. The van der Waals surface area contributed by atoms with Crippen molar-refractivity contribution in [2.45, 2.75) is 4.90 Å². The van der Waals surface area contributed by atoms with E-state index in [0.717, 1.165) is 4.31 Å². The van der Waals surface area contributed by atoms with Gasteiger partial charge in [0.05, 0.1) is 17.7 Å². The summed E-state index contributed by atoms with van der Waals surface area (Å²) < 4.78 is 32.1. The van der Waals surface area contributed by atoms with Gasteiger partial charge in [0, 0.05) is 25.7 Å². The van der Waals surface area contributed by atoms with Gasteiger partial charge in [0.25, 0.3) is 15.9 Å². The first-order chi connectivity index (χ1) is 12.4. The number of nitrogens with one attached hydrogen (secondary N) is 2. The monoisotopic (exact) mass is 413 g/mol. The standard InChI is InChI=1S/C18H23N3O4S.ClH/c1-19-12-13-20-18(22)14-8-10-15(11-9-14)26(23,24)21(2)16-6-4-5-7-17(16)25-3;/h4-11,19H,12-13H2,1-3H3,(H,20,22);1H. The maximum atomic E-state index is 12.9. The molecule has 1 amide bonds. The summed E-state index contributed by atoms with van der Waals surface area (Å²) >= 11 is 0. The second kappa shape index (κ2) is 10.1. The van der Waals surface area contributed by atoms with Crippen LogP contribution in [0.1, 0.15) is 10.4 Å². The van der Waals surface area contributed by atoms with Gasteiger partial charge in [0.2, 0.25) is 0 Å². The normalized spacial score (nSPS) is 10.6. The van der Waals surface area contributed by atoms with E-state index in [1.165, 1.54) is 38.4 Å². The molecular formula is C18H24ClN3O4S. The molecule has 0 aliphatic carbocycles. The van der Waals surface area contributed by atoms with Crippen LogP contribution in [0.15, 0.2) is 53.4 Å². The van der Waals surface area contributed by atoms with Crippen molar-refractivity contribution in [3.05, 3.63) is 54.1 Å². The molecular weight excluding hydrogens is 390 g/mol. The molecule has 2 N–H and O–H groups in total. The molecule has 0 aliphatic rings. The van der Waals surface area contributed by atoms with Gasteiger partial charge in [0.1, 0.15) is 5.75 Å². The lowest BCUT2D eigenvalue weighted by Gasteiger charge is -2.21. The van der Waals surface area contributed by atoms with Crippen LogP contribution in [0.3, 0.4) is 0 Å². The average molecular weight is 414 g/mol. The molecule has 0 bridgehead atoms. The predicted molar refractivity (Wildman–Crippen MR) is 109 cm³/mol. The molecule has 7 nitrogen and oxygen atoms in total. The Morgan fingerprint density at radius 1 is 1.07 bits per heavy atom. The largest absolute Gasteiger partial charge is 0.495 e. The van der Waals surface area contributed by atoms with Crippen molar-refractivity contribution >= 4 is 34.0 Å². The lowest BCUT2D eigenvalue weighted by Crippen LogP contribution is -2.30. The molecule has 27 heavy (non-hydrogen) atoms. The van der Waals surface area contributed by atoms with E-state index in [2.05, 4.69) is 10.6 Å². The number of rotatable bonds is 8. The summed E-state index contributed by atoms with van der Waals surface area (Å²) in [6.07, 6.45) is 0. The summed E-state index contributed by atoms with van der Waals surface area (Å²) in [5.74, 6) is 0.210. The van der Waals surface area contributed by atoms with E-state index in [4.69, 9.17) is 4.74 Å². The minimum absolute atomic E-state index is 0. The highest BCUT2D eigenvalue weighted by Gasteiger charge is 2.23. The number of halogens is 1. The van der Waals surface area contributed by atoms with E-state index >= 15 is 0 Å². The van der Waals surface area contributed by atoms with Crippen molar-refractivity contribution in [3.63, 3.8) is 0 Å². The van der Waals surface area contributed by atoms with Crippen LogP contribution in [0.2, 0.25) is 0 Å². The van der Waals surface area contributed by atoms with Gasteiger partial charge in [-0.25, -0.2) is 8.42 Å². The van der Waals surface area contributed by atoms with Crippen LogP contribution in [0.25, 0.3) is 0 Å². The fourth-order valence-electron chi connectivity index (χ4n) is 2.36. The maximum Gasteiger partial charge on any atom is 0.264 e. The lowest BCUT2D eigenvalue weighted by molar-refractivity contribution is 0.0954. The summed E-state index contributed by atoms with van der Waals surface area (Å²) in [6.45, 7) is 1.15. The third kappa shape index (κ3) is 5.35. The van der Waals surface area contributed by atoms with E-state index in [-0.39, 0.29) is 23.2 Å². The number of sulfonamides is 1. The Labute approximate surface area is 166 Å². The molecule has 2 aromatic carbocycles. The highest BCUT2D eigenvalue weighted by molar-refractivity contribution is 7.92. The number of hydrogen-bond donors (Lipinski definition) is 2. The predicted octanol–water partition coefficient (Wildman–Crippen LogP) is 1.89. The second-order valence-electron chi connectivity index (χ2n) is 5.53. The van der Waals surface area contributed by atoms with Crippen LogP contribution in [0, 0.1) is 0 Å². The Morgan fingerprint density at radius 2 is 1.70 bits per heavy atom. The van der Waals surface area contributed by atoms with Crippen molar-refractivity contribution in [2.75, 3.05) is 38.6 Å². The number of likely N-dealkylation sites (N-methyl/N-ethyl adjacent to an activating group) is 1. The molecule has 0 unspecified atom stereocenters. The number of para-hydroxylation sites is 2. The number of hydrogen-bond acceptors (Lipinski definition) is 5. The minimum atomic E-state index is -3.78. The van der Waals surface area contributed by atoms with Crippen LogP contribution >= 0.6 is 12.4 Å². The molecule has 0 aliphatic heterocycles. The molecule has 0 heterocycles. The third-order valence-electron chi connectivity index (χ3n) is 3.86. The average Bonchev–Trinajstić information content (AvgIpc) is 2.67. The lowest BCUT2D eigenvalue weighted by atomic mass is 10.2. The van der Waals surface area contributed by atoms with Crippen LogP contribution < -0.4 is 19.7 Å². The first kappa shape index (κ1) is 22.8. The Morgan fingerprint density at radius 3 is 2.30 bits per heavy atom. The van der Waals surface area contributed by atoms with Gasteiger partial charge in [-0.1, -0.05) is 12.1 Å². The summed E-state index contributed by atoms with van der Waals surface area (Å²) in [5, 5.41) is 5.68. The van der Waals surface area contributed by atoms with Crippen molar-refractivity contribution in [3.8, 4) is 5.75 Å². The molecule has 9 heteroatoms. The summed E-state index contributed by atoms with van der Waals surface area (Å²) in [7, 11) is 0.970. The fourth-order valence-corrected chi connectivity index (χ4v) is 3.56. The third-order valence-corrected chi connectivity index (χ3v) is 5.65. The Kier molecular flexibility index (Phi) is 8.55. The van der Waals surface area contributed by atoms with Gasteiger partial charge in [-0.2, -0.15) is 0 Å². The Bertz CT molecular complexity index is 857. The van der Waals surface area contributed by atoms with Gasteiger partial charge in [-0.3, -0.25) is 9.10 Å². The van der Waals surface area contributed by atoms with E-state index in [0.29, 0.717) is 30.1 Å². The van der Waals surface area contributed by atoms with E-state index in [1.807, 2.05) is 0 Å². The molecule has 0 aromatic heterocycles. The number of benzene rings is 2. The zero-order valence-electron chi connectivity index (χ0n) is 15.4. The van der Waals surface area contributed by atoms with Gasteiger partial charge in [-0.15, -0.1) is 12.4 Å². The first-order valence-electron chi connectivity index (χ1n) is 8.06. The SMILES string of the molecule is CNCCNC(=O)c1ccc(S(=O)(=O)N(C)c2ccccc2OC)cc1.Cl. The smallest absolute Gasteiger partial charge is 0.264 e. The topological polar surface area (TPSA) is 87.7 Å². The van der Waals surface area contributed by atoms with Gasteiger partial charge < -0.3 is 15.4 Å². The molecule has 0 fully saturated rings. The van der Waals surface area contributed by atoms with Gasteiger partial charge in [0.15, 0.2) is 0 Å². The maximum absolute atomic E-state index is 12.9. The van der Waals surface area contributed by atoms with E-state index in [1.54, 1.807) is 31.3 Å². The number of ether oxygens (including phenoxy) is 1. The molecule has 0 saturated heterocycles. The molecule has 0 atom stereocenters. The van der Waals surface area contributed by atoms with Crippen molar-refractivity contribution in [2.24, 2.45) is 0 Å². The van der Waals surface area contributed by atoms with E-state index < -0.39 is 10.0 Å². The number of carbonyl (C=O) groups excluding carboxylic acids is 1. The number of anilines is 1. The fraction of sp³-hybridized carbons (Fsp3) is 0.278. The highest BCUT2D eigenvalue weighted by Crippen LogP contribution is 2.30. The van der Waals surface area contributed by atoms with Crippen molar-refractivity contribution in [1.29, 1.82) is 0 Å². The number of methoxy groups -OCH3 is 1. The van der Waals surface area contributed by atoms with Gasteiger partial charge >= 0.3 is 0 Å². The minimum Gasteiger partial charge on any atom is -0.495 e. The summed E-state index contributed by atoms with van der Waals surface area (Å²) in [5.41, 5.74) is 0.837. The molecule has 0 spiro atoms. The van der Waals surface area contributed by atoms with Crippen LogP contribution in [-0.2, 0) is 10.0 Å². The molecule has 0 radical (unpaired) electrons. The second-order valence-corrected chi connectivity index (χ2v) is 7.50.